The number of hydrogen-bond donors (Lipinski definition) is 0. The fourth-order valence-corrected chi connectivity index (χ4v) is 4.68. The predicted octanol–water partition coefficient (Wildman–Crippen LogP) is 5.40. The quantitative estimate of drug-likeness (QED) is 0.427. The number of hydrogen-bond acceptors (Lipinski definition) is 7. The third-order valence-corrected chi connectivity index (χ3v) is 6.84. The van der Waals surface area contributed by atoms with Gasteiger partial charge < -0.3 is 24.0 Å². The van der Waals surface area contributed by atoms with Crippen LogP contribution in [-0.2, 0) is 9.47 Å². The van der Waals surface area contributed by atoms with Gasteiger partial charge in [0.25, 0.3) is 0 Å². The lowest BCUT2D eigenvalue weighted by atomic mass is 9.90. The standard InChI is InChI=1S/C25H32BrFN4O4/c1-25(2,3)35-24(32)31(16-6-5-7-16)17-10-11-30(14-17)23-9-8-21(28-29-23)18-12-20(27)19(26)13-22(18)34-15-33-4/h8-9,12-13,16-17H,5-7,10-11,14-15H2,1-4H3/t17-/m0/s1. The van der Waals surface area contributed by atoms with Crippen LogP contribution in [0.1, 0.15) is 46.5 Å². The van der Waals surface area contributed by atoms with E-state index < -0.39 is 11.4 Å². The number of carbonyl (C=O) groups is 1. The van der Waals surface area contributed by atoms with Crippen molar-refractivity contribution in [2.75, 3.05) is 31.9 Å². The molecule has 2 aliphatic rings. The second-order valence-electron chi connectivity index (χ2n) is 9.95. The van der Waals surface area contributed by atoms with E-state index >= 15 is 0 Å². The molecule has 1 aromatic carbocycles. The van der Waals surface area contributed by atoms with Gasteiger partial charge >= 0.3 is 6.09 Å². The van der Waals surface area contributed by atoms with Crippen LogP contribution < -0.4 is 9.64 Å². The second kappa shape index (κ2) is 10.7. The number of ether oxygens (including phenoxy) is 3. The van der Waals surface area contributed by atoms with Gasteiger partial charge in [0.15, 0.2) is 12.6 Å². The summed E-state index contributed by atoms with van der Waals surface area (Å²) in [5.41, 5.74) is 0.450. The molecular weight excluding hydrogens is 519 g/mol. The maximum Gasteiger partial charge on any atom is 0.410 e. The van der Waals surface area contributed by atoms with E-state index in [2.05, 4.69) is 31.0 Å². The van der Waals surface area contributed by atoms with Crippen LogP contribution in [0.2, 0.25) is 0 Å². The van der Waals surface area contributed by atoms with E-state index in [1.807, 2.05) is 31.7 Å². The molecule has 1 amide bonds. The molecule has 190 valence electrons. The number of methoxy groups -OCH3 is 1. The van der Waals surface area contributed by atoms with Crippen LogP contribution in [0.5, 0.6) is 5.75 Å². The summed E-state index contributed by atoms with van der Waals surface area (Å²) in [6.45, 7) is 7.14. The van der Waals surface area contributed by atoms with E-state index in [0.717, 1.165) is 32.2 Å². The summed E-state index contributed by atoms with van der Waals surface area (Å²) in [4.78, 5) is 17.1. The van der Waals surface area contributed by atoms with E-state index in [9.17, 15) is 9.18 Å². The first-order chi connectivity index (χ1) is 16.7. The number of nitrogens with zero attached hydrogens (tertiary/aromatic N) is 4. The zero-order valence-corrected chi connectivity index (χ0v) is 22.2. The number of aromatic nitrogens is 2. The summed E-state index contributed by atoms with van der Waals surface area (Å²) in [6.07, 6.45) is 3.77. The lowest BCUT2D eigenvalue weighted by Gasteiger charge is -2.41. The minimum absolute atomic E-state index is 0.0287. The Morgan fingerprint density at radius 3 is 2.57 bits per heavy atom. The van der Waals surface area contributed by atoms with Crippen LogP contribution in [0.4, 0.5) is 15.0 Å². The van der Waals surface area contributed by atoms with Crippen molar-refractivity contribution in [3.05, 3.63) is 34.6 Å². The fourth-order valence-electron chi connectivity index (χ4n) is 4.36. The fraction of sp³-hybridized carbons (Fsp3) is 0.560. The first kappa shape index (κ1) is 25.6. The summed E-state index contributed by atoms with van der Waals surface area (Å²) in [7, 11) is 1.52. The lowest BCUT2D eigenvalue weighted by Crippen LogP contribution is -2.52. The molecule has 0 N–H and O–H groups in total. The van der Waals surface area contributed by atoms with Gasteiger partial charge in [-0.25, -0.2) is 9.18 Å². The number of rotatable bonds is 7. The molecule has 1 aliphatic heterocycles. The minimum atomic E-state index is -0.531. The molecular formula is C25H32BrFN4O4. The molecule has 0 bridgehead atoms. The van der Waals surface area contributed by atoms with Gasteiger partial charge in [-0.1, -0.05) is 0 Å². The van der Waals surface area contributed by atoms with Crippen LogP contribution in [0.25, 0.3) is 11.3 Å². The van der Waals surface area contributed by atoms with Gasteiger partial charge in [0.2, 0.25) is 0 Å². The number of carbonyl (C=O) groups excluding carboxylic acids is 1. The Morgan fingerprint density at radius 1 is 1.20 bits per heavy atom. The van der Waals surface area contributed by atoms with Gasteiger partial charge in [-0.05, 0) is 86.6 Å². The third-order valence-electron chi connectivity index (χ3n) is 6.23. The van der Waals surface area contributed by atoms with Crippen LogP contribution in [0, 0.1) is 5.82 Å². The van der Waals surface area contributed by atoms with Crippen molar-refractivity contribution >= 4 is 27.8 Å². The average Bonchev–Trinajstić information content (AvgIpc) is 3.25. The molecule has 2 aromatic rings. The van der Waals surface area contributed by atoms with Crippen LogP contribution >= 0.6 is 15.9 Å². The summed E-state index contributed by atoms with van der Waals surface area (Å²) >= 11 is 3.19. The molecule has 1 atom stereocenters. The highest BCUT2D eigenvalue weighted by Gasteiger charge is 2.40. The van der Waals surface area contributed by atoms with Gasteiger partial charge in [-0.3, -0.25) is 0 Å². The molecule has 0 spiro atoms. The molecule has 0 radical (unpaired) electrons. The van der Waals surface area contributed by atoms with E-state index in [0.29, 0.717) is 33.8 Å². The maximum absolute atomic E-state index is 14.2. The number of benzene rings is 1. The number of anilines is 1. The first-order valence-electron chi connectivity index (χ1n) is 11.9. The molecule has 1 saturated carbocycles. The first-order valence-corrected chi connectivity index (χ1v) is 12.7. The Bertz CT molecular complexity index is 1040. The summed E-state index contributed by atoms with van der Waals surface area (Å²) < 4.78 is 30.8. The van der Waals surface area contributed by atoms with Crippen molar-refractivity contribution in [1.29, 1.82) is 0 Å². The van der Waals surface area contributed by atoms with Crippen molar-refractivity contribution in [2.45, 2.75) is 64.1 Å². The molecule has 1 aliphatic carbocycles. The van der Waals surface area contributed by atoms with Crippen LogP contribution in [0.15, 0.2) is 28.7 Å². The van der Waals surface area contributed by atoms with Crippen LogP contribution in [0.3, 0.4) is 0 Å². The molecule has 2 fully saturated rings. The van der Waals surface area contributed by atoms with Crippen molar-refractivity contribution in [1.82, 2.24) is 15.1 Å². The molecule has 4 rings (SSSR count). The van der Waals surface area contributed by atoms with E-state index in [1.165, 1.54) is 13.2 Å². The summed E-state index contributed by atoms with van der Waals surface area (Å²) in [5.74, 6) is 0.735. The van der Waals surface area contributed by atoms with Gasteiger partial charge in [-0.2, -0.15) is 0 Å². The Morgan fingerprint density at radius 2 is 1.97 bits per heavy atom. The molecule has 0 unspecified atom stereocenters. The molecule has 1 aromatic heterocycles. The Balaban J connectivity index is 1.49. The molecule has 2 heterocycles. The summed E-state index contributed by atoms with van der Waals surface area (Å²) in [6, 6.07) is 6.88. The van der Waals surface area contributed by atoms with Gasteiger partial charge in [-0.15, -0.1) is 10.2 Å². The highest BCUT2D eigenvalue weighted by molar-refractivity contribution is 9.10. The Kier molecular flexibility index (Phi) is 7.80. The van der Waals surface area contributed by atoms with Crippen molar-refractivity contribution in [3.63, 3.8) is 0 Å². The molecule has 8 nitrogen and oxygen atoms in total. The SMILES string of the molecule is COCOc1cc(Br)c(F)cc1-c1ccc(N2CC[C@H](N(C(=O)OC(C)(C)C)C3CCC3)C2)nn1. The molecule has 35 heavy (non-hydrogen) atoms. The number of amides is 1. The van der Waals surface area contributed by atoms with Crippen molar-refractivity contribution in [2.24, 2.45) is 0 Å². The highest BCUT2D eigenvalue weighted by atomic mass is 79.9. The van der Waals surface area contributed by atoms with Crippen molar-refractivity contribution < 1.29 is 23.4 Å². The largest absolute Gasteiger partial charge is 0.467 e. The predicted molar refractivity (Wildman–Crippen MR) is 134 cm³/mol. The van der Waals surface area contributed by atoms with E-state index in [-0.39, 0.29) is 25.0 Å². The summed E-state index contributed by atoms with van der Waals surface area (Å²) in [5, 5.41) is 8.76. The highest BCUT2D eigenvalue weighted by Crippen LogP contribution is 2.35. The smallest absolute Gasteiger partial charge is 0.410 e. The monoisotopic (exact) mass is 550 g/mol. The normalized spacial score (nSPS) is 18.3. The van der Waals surface area contributed by atoms with Gasteiger partial charge in [0, 0.05) is 31.8 Å². The molecule has 10 heteroatoms. The van der Waals surface area contributed by atoms with Gasteiger partial charge in [0.05, 0.1) is 16.2 Å². The van der Waals surface area contributed by atoms with Crippen molar-refractivity contribution in [3.8, 4) is 17.0 Å². The Hall–Kier alpha value is -2.46. The zero-order chi connectivity index (χ0) is 25.2. The maximum atomic E-state index is 14.2. The average molecular weight is 551 g/mol. The zero-order valence-electron chi connectivity index (χ0n) is 20.6. The minimum Gasteiger partial charge on any atom is -0.467 e. The molecule has 1 saturated heterocycles. The number of halogens is 2. The van der Waals surface area contributed by atoms with E-state index in [1.54, 1.807) is 12.1 Å². The lowest BCUT2D eigenvalue weighted by molar-refractivity contribution is -0.00351. The Labute approximate surface area is 213 Å². The van der Waals surface area contributed by atoms with Gasteiger partial charge in [0.1, 0.15) is 17.2 Å². The van der Waals surface area contributed by atoms with Crippen LogP contribution in [-0.4, -0.2) is 65.9 Å². The second-order valence-corrected chi connectivity index (χ2v) is 10.8. The van der Waals surface area contributed by atoms with E-state index in [4.69, 9.17) is 14.2 Å². The topological polar surface area (TPSA) is 77.0 Å². The third kappa shape index (κ3) is 6.03.